The second kappa shape index (κ2) is 7.30. The molecule has 2 unspecified atom stereocenters. The lowest BCUT2D eigenvalue weighted by Crippen LogP contribution is -2.70. The number of aliphatic hydroxyl groups is 3. The first-order valence-corrected chi connectivity index (χ1v) is 11.2. The summed E-state index contributed by atoms with van der Waals surface area (Å²) in [6.07, 6.45) is 2.39. The maximum Gasteiger partial charge on any atom is 0.192 e. The van der Waals surface area contributed by atoms with Crippen molar-refractivity contribution in [1.29, 1.82) is 0 Å². The summed E-state index contributed by atoms with van der Waals surface area (Å²) < 4.78 is 22.9. The average molecular weight is 437 g/mol. The molecule has 0 radical (unpaired) electrons. The van der Waals surface area contributed by atoms with Crippen LogP contribution in [0.25, 0.3) is 0 Å². The number of halogens is 1. The molecule has 6 nitrogen and oxygen atoms in total. The summed E-state index contributed by atoms with van der Waals surface area (Å²) in [5, 5.41) is 32.5. The number of ether oxygens (including phenoxy) is 1. The van der Waals surface area contributed by atoms with Gasteiger partial charge in [0.1, 0.15) is 12.3 Å². The summed E-state index contributed by atoms with van der Waals surface area (Å²) in [5.74, 6) is -1.80. The lowest BCUT2D eigenvalue weighted by Gasteiger charge is -2.63. The van der Waals surface area contributed by atoms with Crippen LogP contribution in [0.15, 0.2) is 24.3 Å². The normalized spacial score (nSPS) is 49.0. The summed E-state index contributed by atoms with van der Waals surface area (Å²) in [6.45, 7) is 6.38. The highest BCUT2D eigenvalue weighted by molar-refractivity contribution is 5.92. The maximum absolute atomic E-state index is 17.1. The number of fused-ring (bicyclic) bond motifs is 5. The van der Waals surface area contributed by atoms with Crippen molar-refractivity contribution in [3.63, 3.8) is 0 Å². The number of rotatable bonds is 5. The summed E-state index contributed by atoms with van der Waals surface area (Å²) >= 11 is 0. The second-order valence-electron chi connectivity index (χ2n) is 10.3. The molecule has 0 saturated heterocycles. The highest BCUT2D eigenvalue weighted by Crippen LogP contribution is 2.70. The number of aliphatic hydroxyl groups excluding tert-OH is 2. The molecule has 3 N–H and O–H groups in total. The van der Waals surface area contributed by atoms with E-state index in [0.717, 1.165) is 5.57 Å². The summed E-state index contributed by atoms with van der Waals surface area (Å²) in [7, 11) is 0. The van der Waals surface area contributed by atoms with Crippen LogP contribution in [0.5, 0.6) is 0 Å². The quantitative estimate of drug-likeness (QED) is 0.570. The molecule has 0 heterocycles. The lowest BCUT2D eigenvalue weighted by molar-refractivity contribution is -0.231. The average Bonchev–Trinajstić information content (AvgIpc) is 2.95. The van der Waals surface area contributed by atoms with Crippen molar-refractivity contribution in [2.45, 2.75) is 75.9 Å². The molecule has 0 aromatic carbocycles. The van der Waals surface area contributed by atoms with Crippen molar-refractivity contribution < 1.29 is 34.0 Å². The number of ketones is 2. The molecule has 0 amide bonds. The van der Waals surface area contributed by atoms with Gasteiger partial charge in [0.15, 0.2) is 17.2 Å². The number of Topliss-reactive ketones (excluding diaryl/α,β-unsaturated/α-hetero) is 1. The molecule has 0 aromatic rings. The molecule has 172 valence electrons. The summed E-state index contributed by atoms with van der Waals surface area (Å²) in [6, 6.07) is 0. The van der Waals surface area contributed by atoms with Crippen LogP contribution in [0.1, 0.15) is 52.4 Å². The van der Waals surface area contributed by atoms with E-state index in [1.165, 1.54) is 6.08 Å². The van der Waals surface area contributed by atoms with E-state index >= 15 is 4.39 Å². The molecule has 31 heavy (non-hydrogen) atoms. The Morgan fingerprint density at radius 2 is 2.06 bits per heavy atom. The fourth-order valence-electron chi connectivity index (χ4n) is 7.55. The fourth-order valence-corrected chi connectivity index (χ4v) is 7.55. The van der Waals surface area contributed by atoms with Gasteiger partial charge in [-0.1, -0.05) is 25.5 Å². The summed E-state index contributed by atoms with van der Waals surface area (Å²) in [4.78, 5) is 24.8. The molecular formula is C24H33FO6. The minimum atomic E-state index is -2.03. The van der Waals surface area contributed by atoms with Gasteiger partial charge in [0.25, 0.3) is 0 Å². The van der Waals surface area contributed by atoms with Crippen molar-refractivity contribution in [3.8, 4) is 0 Å². The van der Waals surface area contributed by atoms with Gasteiger partial charge in [0.2, 0.25) is 0 Å². The topological polar surface area (TPSA) is 104 Å². The van der Waals surface area contributed by atoms with E-state index in [1.807, 2.05) is 0 Å². The van der Waals surface area contributed by atoms with E-state index in [-0.39, 0.29) is 31.7 Å². The van der Waals surface area contributed by atoms with Crippen molar-refractivity contribution in [2.24, 2.45) is 22.7 Å². The van der Waals surface area contributed by atoms with Crippen molar-refractivity contribution >= 4 is 11.6 Å². The molecular weight excluding hydrogens is 403 g/mol. The van der Waals surface area contributed by atoms with Crippen LogP contribution in [-0.2, 0) is 14.3 Å². The van der Waals surface area contributed by atoms with Gasteiger partial charge in [0.05, 0.1) is 18.8 Å². The second-order valence-corrected chi connectivity index (χ2v) is 10.3. The zero-order valence-electron chi connectivity index (χ0n) is 18.3. The largest absolute Gasteiger partial charge is 0.390 e. The predicted molar refractivity (Wildman–Crippen MR) is 111 cm³/mol. The maximum atomic E-state index is 17.1. The Hall–Kier alpha value is -1.41. The van der Waals surface area contributed by atoms with E-state index < -0.39 is 58.5 Å². The van der Waals surface area contributed by atoms with E-state index in [9.17, 15) is 24.9 Å². The van der Waals surface area contributed by atoms with E-state index in [2.05, 4.69) is 6.58 Å². The van der Waals surface area contributed by atoms with E-state index in [4.69, 9.17) is 4.74 Å². The molecule has 8 atom stereocenters. The molecule has 4 aliphatic rings. The Balaban J connectivity index is 1.81. The predicted octanol–water partition coefficient (Wildman–Crippen LogP) is 2.05. The number of hydrogen-bond acceptors (Lipinski definition) is 6. The minimum absolute atomic E-state index is 0.00802. The first-order valence-electron chi connectivity index (χ1n) is 11.2. The third kappa shape index (κ3) is 2.70. The molecule has 4 rings (SSSR count). The van der Waals surface area contributed by atoms with Crippen LogP contribution in [0.4, 0.5) is 4.39 Å². The molecule has 0 spiro atoms. The first-order chi connectivity index (χ1) is 14.5. The molecule has 7 heteroatoms. The monoisotopic (exact) mass is 436 g/mol. The van der Waals surface area contributed by atoms with Gasteiger partial charge in [-0.15, -0.1) is 6.58 Å². The molecule has 4 aliphatic carbocycles. The van der Waals surface area contributed by atoms with E-state index in [1.54, 1.807) is 19.9 Å². The van der Waals surface area contributed by atoms with Crippen LogP contribution < -0.4 is 0 Å². The number of carbonyl (C=O) groups is 2. The van der Waals surface area contributed by atoms with Crippen LogP contribution in [0.3, 0.4) is 0 Å². The van der Waals surface area contributed by atoms with Gasteiger partial charge >= 0.3 is 0 Å². The van der Waals surface area contributed by atoms with Gasteiger partial charge in [-0.3, -0.25) is 9.59 Å². The highest BCUT2D eigenvalue weighted by Gasteiger charge is 2.76. The van der Waals surface area contributed by atoms with Crippen LogP contribution in [-0.4, -0.2) is 63.6 Å². The zero-order chi connectivity index (χ0) is 22.8. The lowest BCUT2D eigenvalue weighted by atomic mass is 9.44. The molecule has 0 bridgehead atoms. The Labute approximate surface area is 182 Å². The van der Waals surface area contributed by atoms with Crippen molar-refractivity contribution in [2.75, 3.05) is 13.2 Å². The fraction of sp³-hybridized carbons (Fsp3) is 0.750. The third-order valence-electron chi connectivity index (χ3n) is 9.22. The smallest absolute Gasteiger partial charge is 0.192 e. The van der Waals surface area contributed by atoms with Gasteiger partial charge in [-0.2, -0.15) is 0 Å². The van der Waals surface area contributed by atoms with Crippen LogP contribution in [0, 0.1) is 22.7 Å². The molecule has 3 saturated carbocycles. The molecule has 0 aliphatic heterocycles. The van der Waals surface area contributed by atoms with Crippen molar-refractivity contribution in [1.82, 2.24) is 0 Å². The van der Waals surface area contributed by atoms with Crippen LogP contribution >= 0.6 is 0 Å². The third-order valence-corrected chi connectivity index (χ3v) is 9.22. The SMILES string of the molecule is C=CCOC1C[C@H]2[C@@H]3CCC4=CC(=O)CC[C@]4(C)[C@@]3(F)C(O)C[C@]2(C)[C@@]1(O)C(=O)CO. The number of carbonyl (C=O) groups excluding carboxylic acids is 2. The number of alkyl halides is 1. The molecule has 3 fully saturated rings. The minimum Gasteiger partial charge on any atom is -0.390 e. The van der Waals surface area contributed by atoms with Crippen LogP contribution in [0.2, 0.25) is 0 Å². The first kappa shape index (κ1) is 22.8. The zero-order valence-corrected chi connectivity index (χ0v) is 18.3. The van der Waals surface area contributed by atoms with Gasteiger partial charge in [0, 0.05) is 23.2 Å². The van der Waals surface area contributed by atoms with Gasteiger partial charge < -0.3 is 20.1 Å². The van der Waals surface area contributed by atoms with Crippen molar-refractivity contribution in [3.05, 3.63) is 24.3 Å². The molecule has 0 aromatic heterocycles. The Morgan fingerprint density at radius 1 is 1.35 bits per heavy atom. The Bertz CT molecular complexity index is 840. The number of allylic oxidation sites excluding steroid dienone is 1. The number of hydrogen-bond donors (Lipinski definition) is 3. The van der Waals surface area contributed by atoms with E-state index in [0.29, 0.717) is 19.3 Å². The standard InChI is InChI=1S/C24H33FO6/c1-4-9-31-20-11-17-16-6-5-14-10-15(27)7-8-21(14,2)23(16,25)18(28)12-22(17,3)24(20,30)19(29)13-26/h4,10,16-18,20,26,28,30H,1,5-9,11-13H2,2-3H3/t16-,17-,18?,20?,21-,22-,23-,24+/m0/s1. The Kier molecular flexibility index (Phi) is 5.36. The van der Waals surface area contributed by atoms with Gasteiger partial charge in [-0.05, 0) is 44.1 Å². The Morgan fingerprint density at radius 3 is 2.71 bits per heavy atom. The highest BCUT2D eigenvalue weighted by atomic mass is 19.1. The van der Waals surface area contributed by atoms with Gasteiger partial charge in [-0.25, -0.2) is 4.39 Å². The summed E-state index contributed by atoms with van der Waals surface area (Å²) in [5.41, 5.74) is -5.37.